The van der Waals surface area contributed by atoms with Crippen molar-refractivity contribution in [2.45, 2.75) is 69.7 Å². The molecule has 0 saturated carbocycles. The molecule has 5 nitrogen and oxygen atoms in total. The number of halogens is 2. The number of aromatic nitrogens is 1. The Morgan fingerprint density at radius 3 is 1.47 bits per heavy atom. The predicted molar refractivity (Wildman–Crippen MR) is 191 cm³/mol. The molecular formula is C33H54Ar2F2N5NaS2. The summed E-state index contributed by atoms with van der Waals surface area (Å²) in [5.41, 5.74) is 17.3. The number of nitrogen functional groups attached to an aromatic ring is 2. The Morgan fingerprint density at radius 1 is 0.733 bits per heavy atom. The first-order valence-corrected chi connectivity index (χ1v) is 14.7. The monoisotopic (exact) mass is 725 g/mol. The van der Waals surface area contributed by atoms with E-state index in [0.29, 0.717) is 10.8 Å². The molecule has 3 aromatic carbocycles. The second kappa shape index (κ2) is 35.5. The zero-order valence-corrected chi connectivity index (χ0v) is 32.7. The van der Waals surface area contributed by atoms with E-state index in [1.165, 1.54) is 29.5 Å². The Hall–Kier alpha value is 0.219. The van der Waals surface area contributed by atoms with Gasteiger partial charge in [0.1, 0.15) is 11.6 Å². The Labute approximate surface area is 365 Å². The number of nitrogens with one attached hydrogen (secondary N) is 1. The molecule has 12 heteroatoms. The van der Waals surface area contributed by atoms with Gasteiger partial charge in [-0.2, -0.15) is 0 Å². The number of anilines is 3. The third-order valence-electron chi connectivity index (χ3n) is 3.35. The maximum atomic E-state index is 12.8. The maximum Gasteiger partial charge on any atom is 1.00 e. The van der Waals surface area contributed by atoms with Crippen molar-refractivity contribution in [3.63, 3.8) is 0 Å². The van der Waals surface area contributed by atoms with Crippen LogP contribution in [0.1, 0.15) is 71.2 Å². The Bertz CT molecular complexity index is 1180. The minimum absolute atomic E-state index is 0. The SMILES string of the molecule is C.CC(C)C.CC(C)C.CC(C)C.NC(=S)Nc1ccccc1F.Nc1ccccc1F.Nc1nc2ccccc2s1.[Ar].[Ar].[H-].[Na+]. The third kappa shape index (κ3) is 38.5. The molecule has 0 aliphatic heterocycles. The normalized spacial score (nSPS) is 8.58. The van der Waals surface area contributed by atoms with Gasteiger partial charge in [0.2, 0.25) is 0 Å². The number of nitrogens with two attached hydrogens (primary N) is 3. The standard InChI is InChI=1S/C7H7FN2S.C7H6N2S.C6H6FN.3C4H10.CH4.2Ar.Na.H/c8-5-3-1-2-4-6(5)10-7(9)11;8-7-9-5-3-1-2-4-6(5)10-7;7-5-3-1-2-4-6(5)8;3*1-4(2)3;;;;;/h1-4H,(H3,9,10,11);1-4H,(H2,8,9);1-4H,8H2;3*4H,1-3H3;1H4;;;;/q;;;;;;;;;+1;-1. The summed E-state index contributed by atoms with van der Waals surface area (Å²) in [6.07, 6.45) is 0. The molecule has 0 fully saturated rings. The summed E-state index contributed by atoms with van der Waals surface area (Å²) in [7, 11) is 0. The van der Waals surface area contributed by atoms with Crippen LogP contribution in [0, 0.1) is 105 Å². The number of rotatable bonds is 1. The summed E-state index contributed by atoms with van der Waals surface area (Å²) in [4.78, 5) is 4.11. The van der Waals surface area contributed by atoms with E-state index in [-0.39, 0.29) is 136 Å². The molecule has 254 valence electrons. The van der Waals surface area contributed by atoms with Gasteiger partial charge in [-0.3, -0.25) is 0 Å². The van der Waals surface area contributed by atoms with Crippen LogP contribution in [0.3, 0.4) is 0 Å². The Kier molecular flexibility index (Phi) is 45.4. The van der Waals surface area contributed by atoms with Gasteiger partial charge in [-0.1, -0.05) is 117 Å². The fraction of sp³-hybridized carbons (Fsp3) is 0.394. The average molecular weight is 726 g/mol. The summed E-state index contributed by atoms with van der Waals surface area (Å²) in [6.45, 7) is 19.5. The molecule has 1 aromatic heterocycles. The van der Waals surface area contributed by atoms with Crippen molar-refractivity contribution in [1.29, 1.82) is 0 Å². The van der Waals surface area contributed by atoms with E-state index in [1.807, 2.05) is 24.3 Å². The van der Waals surface area contributed by atoms with Crippen LogP contribution in [0.15, 0.2) is 72.8 Å². The first-order valence-electron chi connectivity index (χ1n) is 13.5. The molecule has 0 aliphatic rings. The van der Waals surface area contributed by atoms with E-state index in [4.69, 9.17) is 17.2 Å². The van der Waals surface area contributed by atoms with Gasteiger partial charge in [0.05, 0.1) is 21.6 Å². The van der Waals surface area contributed by atoms with Crippen LogP contribution >= 0.6 is 23.6 Å². The molecule has 7 N–H and O–H groups in total. The molecule has 0 spiro atoms. The van der Waals surface area contributed by atoms with Gasteiger partial charge in [-0.25, -0.2) is 13.8 Å². The van der Waals surface area contributed by atoms with Crippen molar-refractivity contribution in [3.05, 3.63) is 84.4 Å². The molecule has 0 aliphatic carbocycles. The van der Waals surface area contributed by atoms with Crippen LogP contribution in [0.5, 0.6) is 0 Å². The molecule has 0 saturated heterocycles. The van der Waals surface area contributed by atoms with E-state index < -0.39 is 0 Å². The van der Waals surface area contributed by atoms with Gasteiger partial charge >= 0.3 is 29.6 Å². The van der Waals surface area contributed by atoms with Crippen molar-refractivity contribution < 1.29 is 115 Å². The summed E-state index contributed by atoms with van der Waals surface area (Å²) >= 11 is 6.06. The Balaban J connectivity index is -0.0000000815. The maximum absolute atomic E-state index is 12.8. The van der Waals surface area contributed by atoms with Crippen molar-refractivity contribution in [2.75, 3.05) is 16.8 Å². The summed E-state index contributed by atoms with van der Waals surface area (Å²) in [5.74, 6) is 1.79. The van der Waals surface area contributed by atoms with E-state index in [9.17, 15) is 8.78 Å². The van der Waals surface area contributed by atoms with Crippen LogP contribution < -0.4 is 52.1 Å². The average Bonchev–Trinajstić information content (AvgIpc) is 3.22. The summed E-state index contributed by atoms with van der Waals surface area (Å²) < 4.78 is 26.1. The smallest absolute Gasteiger partial charge is 1.00 e. The van der Waals surface area contributed by atoms with Crippen LogP contribution in [0.25, 0.3) is 10.2 Å². The molecule has 0 amide bonds. The van der Waals surface area contributed by atoms with Gasteiger partial charge < -0.3 is 23.9 Å². The number of benzene rings is 3. The number of thiazole rings is 1. The quantitative estimate of drug-likeness (QED) is 0.0921. The number of hydrogen-bond acceptors (Lipinski definition) is 5. The van der Waals surface area contributed by atoms with Gasteiger partial charge in [-0.15, -0.1) is 0 Å². The molecule has 0 atom stereocenters. The molecule has 45 heavy (non-hydrogen) atoms. The fourth-order valence-corrected chi connectivity index (χ4v) is 2.90. The van der Waals surface area contributed by atoms with Crippen LogP contribution in [0.2, 0.25) is 0 Å². The zero-order valence-electron chi connectivity index (χ0n) is 28.6. The molecule has 4 rings (SSSR count). The molecule has 1 heterocycles. The van der Waals surface area contributed by atoms with Gasteiger partial charge in [0, 0.05) is 75.5 Å². The van der Waals surface area contributed by atoms with E-state index in [1.54, 1.807) is 30.3 Å². The fourth-order valence-electron chi connectivity index (χ4n) is 2.06. The Morgan fingerprint density at radius 2 is 1.11 bits per heavy atom. The third-order valence-corrected chi connectivity index (χ3v) is 4.31. The predicted octanol–water partition coefficient (Wildman–Crippen LogP) is 7.51. The molecule has 4 aromatic rings. The van der Waals surface area contributed by atoms with E-state index in [0.717, 1.165) is 28.0 Å². The number of nitrogens with zero attached hydrogens (tertiary/aromatic N) is 1. The second-order valence-electron chi connectivity index (χ2n) is 10.7. The van der Waals surface area contributed by atoms with Gasteiger partial charge in [0.25, 0.3) is 0 Å². The second-order valence-corrected chi connectivity index (χ2v) is 12.2. The minimum Gasteiger partial charge on any atom is -1.00 e. The minimum atomic E-state index is -0.361. The van der Waals surface area contributed by atoms with Gasteiger partial charge in [0.15, 0.2) is 10.2 Å². The van der Waals surface area contributed by atoms with E-state index in [2.05, 4.69) is 84.8 Å². The van der Waals surface area contributed by atoms with Crippen LogP contribution in [0.4, 0.5) is 25.3 Å². The molecule has 0 unspecified atom stereocenters. The van der Waals surface area contributed by atoms with Gasteiger partial charge in [-0.05, 0) is 66.4 Å². The first-order chi connectivity index (χ1) is 19.1. The van der Waals surface area contributed by atoms with Crippen molar-refractivity contribution >= 4 is 55.4 Å². The first kappa shape index (κ1) is 57.5. The number of thiocarbonyl (C=S) groups is 1. The van der Waals surface area contributed by atoms with Crippen LogP contribution in [-0.2, 0) is 0 Å². The van der Waals surface area contributed by atoms with Crippen LogP contribution in [-0.4, -0.2) is 10.1 Å². The topological polar surface area (TPSA) is 103 Å². The summed E-state index contributed by atoms with van der Waals surface area (Å²) in [6, 6.07) is 20.3. The molecular weight excluding hydrogens is 671 g/mol. The van der Waals surface area contributed by atoms with Crippen molar-refractivity contribution in [1.82, 2.24) is 4.98 Å². The largest absolute Gasteiger partial charge is 1.00 e. The van der Waals surface area contributed by atoms with E-state index >= 15 is 0 Å². The molecule has 0 bridgehead atoms. The number of hydrogen-bond donors (Lipinski definition) is 4. The molecule has 0 radical (unpaired) electrons. The zero-order chi connectivity index (χ0) is 32.0. The number of fused-ring (bicyclic) bond motifs is 1. The van der Waals surface area contributed by atoms with Crippen molar-refractivity contribution in [2.24, 2.45) is 23.5 Å². The number of para-hydroxylation sites is 3. The van der Waals surface area contributed by atoms with Crippen molar-refractivity contribution in [3.8, 4) is 0 Å². The summed E-state index contributed by atoms with van der Waals surface area (Å²) in [5, 5.41) is 3.21.